The van der Waals surface area contributed by atoms with Gasteiger partial charge in [-0.1, -0.05) is 6.92 Å². The Morgan fingerprint density at radius 3 is 2.31 bits per heavy atom. The molecule has 4 nitrogen and oxygen atoms in total. The highest BCUT2D eigenvalue weighted by molar-refractivity contribution is 7.95. The lowest BCUT2D eigenvalue weighted by Crippen LogP contribution is -2.28. The molecule has 0 aliphatic carbocycles. The number of carbonyl (C=O) groups excluding carboxylic acids is 1. The molecule has 0 aromatic heterocycles. The number of carbonyl (C=O) groups is 1. The SMILES string of the molecule is CCO[SiH](OCC)C(C)CCSOC(C)=O. The Kier molecular flexibility index (Phi) is 10.1. The van der Waals surface area contributed by atoms with Gasteiger partial charge in [0, 0.05) is 25.9 Å². The van der Waals surface area contributed by atoms with Crippen molar-refractivity contribution < 1.29 is 17.8 Å². The molecule has 0 fully saturated rings. The Balaban J connectivity index is 3.72. The summed E-state index contributed by atoms with van der Waals surface area (Å²) in [7, 11) is -1.55. The van der Waals surface area contributed by atoms with E-state index in [1.165, 1.54) is 19.0 Å². The predicted octanol–water partition coefficient (Wildman–Crippen LogP) is 2.27. The zero-order chi connectivity index (χ0) is 12.4. The van der Waals surface area contributed by atoms with Gasteiger partial charge in [0.05, 0.1) is 12.0 Å². The quantitative estimate of drug-likeness (QED) is 0.364. The van der Waals surface area contributed by atoms with Crippen LogP contribution in [0.15, 0.2) is 0 Å². The average molecular weight is 266 g/mol. The van der Waals surface area contributed by atoms with Crippen molar-refractivity contribution in [2.75, 3.05) is 19.0 Å². The Hall–Kier alpha value is -0.0431. The highest BCUT2D eigenvalue weighted by Gasteiger charge is 2.21. The third-order valence-electron chi connectivity index (χ3n) is 1.96. The largest absolute Gasteiger partial charge is 0.397 e. The topological polar surface area (TPSA) is 44.8 Å². The van der Waals surface area contributed by atoms with Crippen LogP contribution >= 0.6 is 12.0 Å². The predicted molar refractivity (Wildman–Crippen MR) is 68.7 cm³/mol. The van der Waals surface area contributed by atoms with Crippen LogP contribution in [0.3, 0.4) is 0 Å². The van der Waals surface area contributed by atoms with E-state index in [9.17, 15) is 4.79 Å². The van der Waals surface area contributed by atoms with E-state index in [-0.39, 0.29) is 5.97 Å². The summed E-state index contributed by atoms with van der Waals surface area (Å²) in [6.45, 7) is 8.93. The molecule has 0 saturated heterocycles. The molecule has 0 aromatic carbocycles. The summed E-state index contributed by atoms with van der Waals surface area (Å²) in [5.74, 6) is 0.547. The number of hydrogen-bond acceptors (Lipinski definition) is 5. The molecule has 0 spiro atoms. The molecule has 0 saturated carbocycles. The van der Waals surface area contributed by atoms with E-state index in [1.54, 1.807) is 0 Å². The van der Waals surface area contributed by atoms with E-state index in [2.05, 4.69) is 6.92 Å². The zero-order valence-corrected chi connectivity index (χ0v) is 12.5. The lowest BCUT2D eigenvalue weighted by molar-refractivity contribution is -0.130. The van der Waals surface area contributed by atoms with E-state index in [1.807, 2.05) is 13.8 Å². The average Bonchev–Trinajstić information content (AvgIpc) is 2.23. The highest BCUT2D eigenvalue weighted by Crippen LogP contribution is 2.19. The van der Waals surface area contributed by atoms with Crippen LogP contribution in [0.1, 0.15) is 34.1 Å². The fraction of sp³-hybridized carbons (Fsp3) is 0.900. The highest BCUT2D eigenvalue weighted by atomic mass is 32.2. The molecular weight excluding hydrogens is 244 g/mol. The molecule has 0 aliphatic heterocycles. The van der Waals surface area contributed by atoms with Crippen molar-refractivity contribution in [3.8, 4) is 0 Å². The Morgan fingerprint density at radius 2 is 1.88 bits per heavy atom. The lowest BCUT2D eigenvalue weighted by Gasteiger charge is -2.20. The molecule has 0 radical (unpaired) electrons. The van der Waals surface area contributed by atoms with Crippen molar-refractivity contribution in [3.05, 3.63) is 0 Å². The summed E-state index contributed by atoms with van der Waals surface area (Å²) < 4.78 is 16.0. The van der Waals surface area contributed by atoms with Gasteiger partial charge in [-0.2, -0.15) is 0 Å². The minimum atomic E-state index is -1.55. The van der Waals surface area contributed by atoms with Crippen molar-refractivity contribution in [2.24, 2.45) is 0 Å². The molecule has 6 heteroatoms. The van der Waals surface area contributed by atoms with Gasteiger partial charge in [-0.05, 0) is 25.8 Å². The Bertz CT molecular complexity index is 186. The summed E-state index contributed by atoms with van der Waals surface area (Å²) in [4.78, 5) is 10.5. The van der Waals surface area contributed by atoms with E-state index in [4.69, 9.17) is 13.0 Å². The van der Waals surface area contributed by atoms with Gasteiger partial charge in [-0.15, -0.1) is 0 Å². The first-order valence-electron chi connectivity index (χ1n) is 5.65. The second-order valence-corrected chi connectivity index (χ2v) is 6.79. The fourth-order valence-corrected chi connectivity index (χ4v) is 4.01. The number of hydrogen-bond donors (Lipinski definition) is 0. The molecule has 96 valence electrons. The molecule has 0 N–H and O–H groups in total. The van der Waals surface area contributed by atoms with Crippen molar-refractivity contribution in [1.82, 2.24) is 0 Å². The molecule has 0 bridgehead atoms. The van der Waals surface area contributed by atoms with Crippen molar-refractivity contribution in [2.45, 2.75) is 39.7 Å². The van der Waals surface area contributed by atoms with Gasteiger partial charge in [0.1, 0.15) is 0 Å². The maximum Gasteiger partial charge on any atom is 0.324 e. The van der Waals surface area contributed by atoms with Crippen molar-refractivity contribution in [1.29, 1.82) is 0 Å². The van der Waals surface area contributed by atoms with Gasteiger partial charge in [-0.25, -0.2) is 0 Å². The van der Waals surface area contributed by atoms with Crippen LogP contribution in [0.4, 0.5) is 0 Å². The minimum absolute atomic E-state index is 0.249. The molecule has 1 unspecified atom stereocenters. The third kappa shape index (κ3) is 8.15. The second-order valence-electron chi connectivity index (χ2n) is 3.44. The summed E-state index contributed by atoms with van der Waals surface area (Å²) >= 11 is 1.20. The van der Waals surface area contributed by atoms with Crippen LogP contribution < -0.4 is 0 Å². The first kappa shape index (κ1) is 16.0. The van der Waals surface area contributed by atoms with Gasteiger partial charge >= 0.3 is 15.3 Å². The molecule has 0 aliphatic rings. The number of rotatable bonds is 9. The van der Waals surface area contributed by atoms with Crippen LogP contribution in [-0.2, 0) is 17.8 Å². The normalized spacial score (nSPS) is 12.8. The monoisotopic (exact) mass is 266 g/mol. The maximum absolute atomic E-state index is 10.5. The summed E-state index contributed by atoms with van der Waals surface area (Å²) in [6, 6.07) is 0. The molecule has 0 amide bonds. The second kappa shape index (κ2) is 10.1. The molecular formula is C10H22O4SSi. The van der Waals surface area contributed by atoms with E-state index >= 15 is 0 Å². The van der Waals surface area contributed by atoms with Crippen LogP contribution in [-0.4, -0.2) is 34.2 Å². The van der Waals surface area contributed by atoms with E-state index < -0.39 is 9.28 Å². The van der Waals surface area contributed by atoms with Gasteiger partial charge in [0.25, 0.3) is 0 Å². The molecule has 16 heavy (non-hydrogen) atoms. The standard InChI is InChI=1S/C10H22O4SSi/c1-5-12-16(13-6-2)9(3)7-8-15-14-10(4)11/h9,16H,5-8H2,1-4H3. The van der Waals surface area contributed by atoms with E-state index in [0.29, 0.717) is 18.8 Å². The van der Waals surface area contributed by atoms with Crippen LogP contribution in [0.25, 0.3) is 0 Å². The smallest absolute Gasteiger partial charge is 0.324 e. The molecule has 0 heterocycles. The van der Waals surface area contributed by atoms with Crippen molar-refractivity contribution in [3.63, 3.8) is 0 Å². The van der Waals surface area contributed by atoms with Crippen LogP contribution in [0.5, 0.6) is 0 Å². The van der Waals surface area contributed by atoms with Crippen LogP contribution in [0.2, 0.25) is 5.54 Å². The Morgan fingerprint density at radius 1 is 1.31 bits per heavy atom. The molecule has 0 aromatic rings. The first-order valence-corrected chi connectivity index (χ1v) is 8.17. The Labute approximate surface area is 104 Å². The first-order chi connectivity index (χ1) is 7.61. The van der Waals surface area contributed by atoms with Crippen molar-refractivity contribution >= 4 is 27.3 Å². The lowest BCUT2D eigenvalue weighted by atomic mass is 10.4. The summed E-state index contributed by atoms with van der Waals surface area (Å²) in [6.07, 6.45) is 0.953. The minimum Gasteiger partial charge on any atom is -0.397 e. The van der Waals surface area contributed by atoms with Gasteiger partial charge in [0.2, 0.25) is 0 Å². The summed E-state index contributed by atoms with van der Waals surface area (Å²) in [5, 5.41) is 0. The van der Waals surface area contributed by atoms with Gasteiger partial charge in [0.15, 0.2) is 0 Å². The zero-order valence-electron chi connectivity index (χ0n) is 10.5. The fourth-order valence-electron chi connectivity index (χ4n) is 1.20. The van der Waals surface area contributed by atoms with Gasteiger partial charge < -0.3 is 13.0 Å². The van der Waals surface area contributed by atoms with E-state index in [0.717, 1.165) is 12.2 Å². The van der Waals surface area contributed by atoms with Crippen LogP contribution in [0, 0.1) is 0 Å². The molecule has 0 rings (SSSR count). The summed E-state index contributed by atoms with van der Waals surface area (Å²) in [5.41, 5.74) is 0.433. The van der Waals surface area contributed by atoms with Gasteiger partial charge in [-0.3, -0.25) is 4.79 Å². The maximum atomic E-state index is 10.5. The molecule has 1 atom stereocenters. The third-order valence-corrected chi connectivity index (χ3v) is 5.30.